The molecule has 5 aromatic rings. The SMILES string of the molecule is COc1cccc(NC(=O)Nc2ccc(-c3n[nH]cc3-c3nc4cc(C(C)(C)C)ccc4o3)cc2)c1. The number of oxazole rings is 1. The smallest absolute Gasteiger partial charge is 0.323 e. The van der Waals surface area contributed by atoms with Gasteiger partial charge in [0.15, 0.2) is 5.58 Å². The van der Waals surface area contributed by atoms with Crippen molar-refractivity contribution < 1.29 is 13.9 Å². The van der Waals surface area contributed by atoms with Crippen molar-refractivity contribution in [2.45, 2.75) is 26.2 Å². The molecule has 0 bridgehead atoms. The number of rotatable bonds is 5. The standard InChI is InChI=1S/C28H27N5O3/c1-28(2,3)18-10-13-24-23(14-18)32-26(36-24)22-16-29-33-25(22)17-8-11-19(12-9-17)30-27(34)31-20-6-5-7-21(15-20)35-4/h5-16H,1-4H3,(H,29,33)(H2,30,31,34). The maximum absolute atomic E-state index is 12.4. The molecule has 0 spiro atoms. The van der Waals surface area contributed by atoms with Crippen molar-refractivity contribution in [3.63, 3.8) is 0 Å². The number of aromatic nitrogens is 3. The zero-order valence-corrected chi connectivity index (χ0v) is 20.5. The molecule has 3 N–H and O–H groups in total. The lowest BCUT2D eigenvalue weighted by atomic mass is 9.87. The van der Waals surface area contributed by atoms with Gasteiger partial charge in [0.05, 0.1) is 12.7 Å². The fraction of sp³-hybridized carbons (Fsp3) is 0.179. The molecular formula is C28H27N5O3. The highest BCUT2D eigenvalue weighted by Gasteiger charge is 2.19. The Morgan fingerprint density at radius 1 is 0.972 bits per heavy atom. The van der Waals surface area contributed by atoms with E-state index >= 15 is 0 Å². The number of hydrogen-bond donors (Lipinski definition) is 3. The molecule has 8 nitrogen and oxygen atoms in total. The van der Waals surface area contributed by atoms with Crippen molar-refractivity contribution in [3.05, 3.63) is 78.5 Å². The van der Waals surface area contributed by atoms with Gasteiger partial charge in [-0.25, -0.2) is 9.78 Å². The Morgan fingerprint density at radius 2 is 1.75 bits per heavy atom. The lowest BCUT2D eigenvalue weighted by molar-refractivity contribution is 0.262. The number of carbonyl (C=O) groups is 1. The molecule has 0 saturated carbocycles. The monoisotopic (exact) mass is 481 g/mol. The van der Waals surface area contributed by atoms with E-state index in [2.05, 4.69) is 53.7 Å². The summed E-state index contributed by atoms with van der Waals surface area (Å²) in [6.45, 7) is 6.51. The molecule has 0 aliphatic heterocycles. The van der Waals surface area contributed by atoms with Crippen molar-refractivity contribution in [2.24, 2.45) is 0 Å². The van der Waals surface area contributed by atoms with Gasteiger partial charge >= 0.3 is 6.03 Å². The van der Waals surface area contributed by atoms with Crippen molar-refractivity contribution in [3.8, 4) is 28.5 Å². The Bertz CT molecular complexity index is 1530. The summed E-state index contributed by atoms with van der Waals surface area (Å²) < 4.78 is 11.2. The molecule has 182 valence electrons. The first-order valence-electron chi connectivity index (χ1n) is 11.6. The van der Waals surface area contributed by atoms with Gasteiger partial charge in [-0.1, -0.05) is 45.0 Å². The third-order valence-electron chi connectivity index (χ3n) is 5.87. The Hall–Kier alpha value is -4.59. The summed E-state index contributed by atoms with van der Waals surface area (Å²) in [5, 5.41) is 13.0. The molecule has 0 unspecified atom stereocenters. The summed E-state index contributed by atoms with van der Waals surface area (Å²) in [7, 11) is 1.58. The van der Waals surface area contributed by atoms with Gasteiger partial charge in [-0.05, 0) is 47.4 Å². The van der Waals surface area contributed by atoms with Gasteiger partial charge in [0.25, 0.3) is 0 Å². The molecule has 0 saturated heterocycles. The van der Waals surface area contributed by atoms with Crippen LogP contribution in [0.25, 0.3) is 33.8 Å². The molecule has 2 aromatic heterocycles. The number of fused-ring (bicyclic) bond motifs is 1. The van der Waals surface area contributed by atoms with Gasteiger partial charge in [0.2, 0.25) is 5.89 Å². The fourth-order valence-corrected chi connectivity index (χ4v) is 3.89. The van der Waals surface area contributed by atoms with Crippen LogP contribution in [-0.4, -0.2) is 28.3 Å². The van der Waals surface area contributed by atoms with Gasteiger partial charge in [-0.15, -0.1) is 0 Å². The zero-order chi connectivity index (χ0) is 25.3. The normalized spacial score (nSPS) is 11.4. The molecule has 8 heteroatoms. The number of nitrogens with one attached hydrogen (secondary N) is 3. The number of H-pyrrole nitrogens is 1. The van der Waals surface area contributed by atoms with Crippen LogP contribution in [0, 0.1) is 0 Å². The van der Waals surface area contributed by atoms with Crippen LogP contribution in [0.4, 0.5) is 16.2 Å². The topological polar surface area (TPSA) is 105 Å². The molecule has 3 aromatic carbocycles. The molecule has 0 aliphatic carbocycles. The van der Waals surface area contributed by atoms with E-state index < -0.39 is 0 Å². The van der Waals surface area contributed by atoms with E-state index in [0.29, 0.717) is 28.7 Å². The molecule has 36 heavy (non-hydrogen) atoms. The molecule has 0 atom stereocenters. The highest BCUT2D eigenvalue weighted by Crippen LogP contribution is 2.33. The molecular weight excluding hydrogens is 454 g/mol. The molecule has 2 heterocycles. The molecule has 0 aliphatic rings. The van der Waals surface area contributed by atoms with Gasteiger partial charge in [0, 0.05) is 29.2 Å². The number of methoxy groups -OCH3 is 1. The Kier molecular flexibility index (Phi) is 5.93. The summed E-state index contributed by atoms with van der Waals surface area (Å²) in [5.74, 6) is 1.17. The van der Waals surface area contributed by atoms with Crippen LogP contribution in [0.5, 0.6) is 5.75 Å². The van der Waals surface area contributed by atoms with E-state index in [1.807, 2.05) is 42.5 Å². The minimum absolute atomic E-state index is 0.0226. The lowest BCUT2D eigenvalue weighted by Gasteiger charge is -2.18. The van der Waals surface area contributed by atoms with Crippen molar-refractivity contribution in [1.29, 1.82) is 0 Å². The second kappa shape index (κ2) is 9.22. The second-order valence-corrected chi connectivity index (χ2v) is 9.49. The molecule has 0 fully saturated rings. The summed E-state index contributed by atoms with van der Waals surface area (Å²) in [4.78, 5) is 17.1. The third-order valence-corrected chi connectivity index (χ3v) is 5.87. The molecule has 2 amide bonds. The molecule has 0 radical (unpaired) electrons. The first-order chi connectivity index (χ1) is 17.3. The Labute approximate surface area is 208 Å². The summed E-state index contributed by atoms with van der Waals surface area (Å²) in [6, 6.07) is 20.3. The number of hydrogen-bond acceptors (Lipinski definition) is 5. The predicted octanol–water partition coefficient (Wildman–Crippen LogP) is 6.84. The number of carbonyl (C=O) groups excluding carboxylic acids is 1. The van der Waals surface area contributed by atoms with E-state index in [1.54, 1.807) is 25.4 Å². The number of urea groups is 1. The fourth-order valence-electron chi connectivity index (χ4n) is 3.89. The van der Waals surface area contributed by atoms with Gasteiger partial charge in [-0.2, -0.15) is 5.10 Å². The largest absolute Gasteiger partial charge is 0.497 e. The van der Waals surface area contributed by atoms with Gasteiger partial charge in [0.1, 0.15) is 17.0 Å². The Morgan fingerprint density at radius 3 is 2.50 bits per heavy atom. The van der Waals surface area contributed by atoms with Crippen LogP contribution < -0.4 is 15.4 Å². The highest BCUT2D eigenvalue weighted by molar-refractivity contribution is 6.00. The third kappa shape index (κ3) is 4.79. The number of ether oxygens (including phenoxy) is 1. The number of nitrogens with zero attached hydrogens (tertiary/aromatic N) is 2. The van der Waals surface area contributed by atoms with Crippen LogP contribution in [0.3, 0.4) is 0 Å². The summed E-state index contributed by atoms with van der Waals surface area (Å²) >= 11 is 0. The number of aromatic amines is 1. The highest BCUT2D eigenvalue weighted by atomic mass is 16.5. The van der Waals surface area contributed by atoms with E-state index in [0.717, 1.165) is 22.2 Å². The van der Waals surface area contributed by atoms with Crippen molar-refractivity contribution in [2.75, 3.05) is 17.7 Å². The average molecular weight is 482 g/mol. The van der Waals surface area contributed by atoms with Crippen LogP contribution >= 0.6 is 0 Å². The molecule has 5 rings (SSSR count). The minimum Gasteiger partial charge on any atom is -0.497 e. The second-order valence-electron chi connectivity index (χ2n) is 9.49. The average Bonchev–Trinajstić information content (AvgIpc) is 3.50. The minimum atomic E-state index is -0.349. The van der Waals surface area contributed by atoms with Crippen LogP contribution in [0.15, 0.2) is 77.3 Å². The summed E-state index contributed by atoms with van der Waals surface area (Å²) in [6.07, 6.45) is 1.78. The van der Waals surface area contributed by atoms with E-state index in [1.165, 1.54) is 5.56 Å². The zero-order valence-electron chi connectivity index (χ0n) is 20.5. The first-order valence-corrected chi connectivity index (χ1v) is 11.6. The quantitative estimate of drug-likeness (QED) is 0.255. The lowest BCUT2D eigenvalue weighted by Crippen LogP contribution is -2.19. The van der Waals surface area contributed by atoms with Crippen LogP contribution in [0.2, 0.25) is 0 Å². The van der Waals surface area contributed by atoms with E-state index in [9.17, 15) is 4.79 Å². The van der Waals surface area contributed by atoms with Crippen molar-refractivity contribution in [1.82, 2.24) is 15.2 Å². The number of anilines is 2. The predicted molar refractivity (Wildman–Crippen MR) is 141 cm³/mol. The maximum Gasteiger partial charge on any atom is 0.323 e. The van der Waals surface area contributed by atoms with E-state index in [-0.39, 0.29) is 11.4 Å². The number of benzene rings is 3. The van der Waals surface area contributed by atoms with Gasteiger partial charge in [-0.3, -0.25) is 5.10 Å². The summed E-state index contributed by atoms with van der Waals surface area (Å²) in [5.41, 5.74) is 6.38. The van der Waals surface area contributed by atoms with Crippen molar-refractivity contribution >= 4 is 28.5 Å². The van der Waals surface area contributed by atoms with Crippen LogP contribution in [-0.2, 0) is 5.41 Å². The number of amides is 2. The van der Waals surface area contributed by atoms with Crippen LogP contribution in [0.1, 0.15) is 26.3 Å². The first kappa shape index (κ1) is 23.2. The Balaban J connectivity index is 1.33. The maximum atomic E-state index is 12.4. The van der Waals surface area contributed by atoms with Gasteiger partial charge < -0.3 is 19.8 Å². The van der Waals surface area contributed by atoms with E-state index in [4.69, 9.17) is 14.1 Å².